The first-order valence-corrected chi connectivity index (χ1v) is 5.31. The van der Waals surface area contributed by atoms with Crippen LogP contribution in [0.25, 0.3) is 0 Å². The first kappa shape index (κ1) is 12.7. The summed E-state index contributed by atoms with van der Waals surface area (Å²) in [7, 11) is 0. The van der Waals surface area contributed by atoms with Crippen molar-refractivity contribution in [3.05, 3.63) is 12.7 Å². The third-order valence-electron chi connectivity index (χ3n) is 1.89. The number of nitrogens with one attached hydrogen (secondary N) is 1. The van der Waals surface area contributed by atoms with E-state index in [1.165, 1.54) is 19.3 Å². The van der Waals surface area contributed by atoms with E-state index in [2.05, 4.69) is 11.9 Å². The van der Waals surface area contributed by atoms with Gasteiger partial charge in [0.2, 0.25) is 0 Å². The minimum atomic E-state index is 0.820. The molecule has 0 fully saturated rings. The normalized spacial score (nSPS) is 10.2. The molecule has 0 aliphatic heterocycles. The van der Waals surface area contributed by atoms with E-state index in [-0.39, 0.29) is 0 Å². The third-order valence-corrected chi connectivity index (χ3v) is 1.89. The summed E-state index contributed by atoms with van der Waals surface area (Å²) in [5, 5.41) is 3.35. The van der Waals surface area contributed by atoms with E-state index < -0.39 is 0 Å². The lowest BCUT2D eigenvalue weighted by Crippen LogP contribution is -2.20. The van der Waals surface area contributed by atoms with Gasteiger partial charge in [0.15, 0.2) is 0 Å². The van der Waals surface area contributed by atoms with Gasteiger partial charge >= 0.3 is 0 Å². The van der Waals surface area contributed by atoms with Crippen molar-refractivity contribution in [1.29, 1.82) is 0 Å². The largest absolute Gasteiger partial charge is 0.380 e. The van der Waals surface area contributed by atoms with Gasteiger partial charge in [0.05, 0.1) is 6.61 Å². The zero-order valence-corrected chi connectivity index (χ0v) is 8.85. The minimum Gasteiger partial charge on any atom is -0.380 e. The summed E-state index contributed by atoms with van der Waals surface area (Å²) >= 11 is 0. The molecule has 0 amide bonds. The lowest BCUT2D eigenvalue weighted by molar-refractivity contribution is 0.149. The van der Waals surface area contributed by atoms with Crippen LogP contribution in [0.2, 0.25) is 0 Å². The Morgan fingerprint density at radius 1 is 1.23 bits per heavy atom. The first-order chi connectivity index (χ1) is 6.41. The molecular formula is C11H23NO. The molecule has 78 valence electrons. The summed E-state index contributed by atoms with van der Waals surface area (Å²) in [5.74, 6) is 0. The summed E-state index contributed by atoms with van der Waals surface area (Å²) in [6, 6.07) is 0. The van der Waals surface area contributed by atoms with Gasteiger partial charge in [0.25, 0.3) is 0 Å². The smallest absolute Gasteiger partial charge is 0.0590 e. The Morgan fingerprint density at radius 2 is 2.08 bits per heavy atom. The molecule has 0 radical (unpaired) electrons. The molecule has 0 aromatic heterocycles. The monoisotopic (exact) mass is 185 g/mol. The maximum Gasteiger partial charge on any atom is 0.0590 e. The topological polar surface area (TPSA) is 21.3 Å². The average Bonchev–Trinajstić information content (AvgIpc) is 2.16. The predicted octanol–water partition coefficient (Wildman–Crippen LogP) is 2.36. The zero-order chi connectivity index (χ0) is 9.78. The highest BCUT2D eigenvalue weighted by atomic mass is 16.5. The third kappa shape index (κ3) is 11.7. The molecule has 0 spiro atoms. The molecule has 0 saturated carbocycles. The van der Waals surface area contributed by atoms with Gasteiger partial charge in [-0.15, -0.1) is 6.58 Å². The summed E-state index contributed by atoms with van der Waals surface area (Å²) in [6.45, 7) is 9.47. The van der Waals surface area contributed by atoms with E-state index in [9.17, 15) is 0 Å². The van der Waals surface area contributed by atoms with E-state index >= 15 is 0 Å². The maximum atomic E-state index is 5.20. The highest BCUT2D eigenvalue weighted by Crippen LogP contribution is 1.98. The Labute approximate surface area is 82.4 Å². The molecule has 0 aromatic rings. The second-order valence-corrected chi connectivity index (χ2v) is 3.08. The number of rotatable bonds is 10. The summed E-state index contributed by atoms with van der Waals surface area (Å²) in [5.41, 5.74) is 0. The molecule has 0 aliphatic rings. The fraction of sp³-hybridized carbons (Fsp3) is 0.818. The molecular weight excluding hydrogens is 162 g/mol. The van der Waals surface area contributed by atoms with E-state index in [0.717, 1.165) is 32.7 Å². The SMILES string of the molecule is C=CCCCCCNCCOCC. The fourth-order valence-corrected chi connectivity index (χ4v) is 1.13. The second kappa shape index (κ2) is 11.7. The molecule has 0 bridgehead atoms. The van der Waals surface area contributed by atoms with Gasteiger partial charge in [-0.05, 0) is 32.7 Å². The highest BCUT2D eigenvalue weighted by Gasteiger charge is 1.88. The van der Waals surface area contributed by atoms with Gasteiger partial charge in [-0.1, -0.05) is 12.5 Å². The van der Waals surface area contributed by atoms with Crippen LogP contribution in [0, 0.1) is 0 Å². The Morgan fingerprint density at radius 3 is 2.77 bits per heavy atom. The molecule has 0 atom stereocenters. The van der Waals surface area contributed by atoms with Gasteiger partial charge in [-0.2, -0.15) is 0 Å². The van der Waals surface area contributed by atoms with Crippen molar-refractivity contribution < 1.29 is 4.74 Å². The molecule has 0 heterocycles. The van der Waals surface area contributed by atoms with Crippen molar-refractivity contribution in [3.63, 3.8) is 0 Å². The molecule has 13 heavy (non-hydrogen) atoms. The van der Waals surface area contributed by atoms with Crippen LogP contribution in [0.15, 0.2) is 12.7 Å². The van der Waals surface area contributed by atoms with E-state index in [4.69, 9.17) is 4.74 Å². The van der Waals surface area contributed by atoms with Crippen molar-refractivity contribution in [2.24, 2.45) is 0 Å². The van der Waals surface area contributed by atoms with Crippen LogP contribution >= 0.6 is 0 Å². The van der Waals surface area contributed by atoms with Crippen molar-refractivity contribution >= 4 is 0 Å². The van der Waals surface area contributed by atoms with Crippen molar-refractivity contribution in [2.75, 3.05) is 26.3 Å². The molecule has 0 aliphatic carbocycles. The van der Waals surface area contributed by atoms with E-state index in [0.29, 0.717) is 0 Å². The van der Waals surface area contributed by atoms with E-state index in [1.807, 2.05) is 13.0 Å². The number of hydrogen-bond acceptors (Lipinski definition) is 2. The summed E-state index contributed by atoms with van der Waals surface area (Å²) < 4.78 is 5.20. The van der Waals surface area contributed by atoms with Gasteiger partial charge in [-0.25, -0.2) is 0 Å². The van der Waals surface area contributed by atoms with Crippen LogP contribution in [-0.2, 0) is 4.74 Å². The fourth-order valence-electron chi connectivity index (χ4n) is 1.13. The Balaban J connectivity index is 2.79. The highest BCUT2D eigenvalue weighted by molar-refractivity contribution is 4.65. The minimum absolute atomic E-state index is 0.820. The van der Waals surface area contributed by atoms with Crippen molar-refractivity contribution in [3.8, 4) is 0 Å². The number of allylic oxidation sites excluding steroid dienone is 1. The van der Waals surface area contributed by atoms with Gasteiger partial charge < -0.3 is 10.1 Å². The summed E-state index contributed by atoms with van der Waals surface area (Å²) in [6.07, 6.45) is 6.98. The lowest BCUT2D eigenvalue weighted by atomic mass is 10.2. The van der Waals surface area contributed by atoms with E-state index in [1.54, 1.807) is 0 Å². The van der Waals surface area contributed by atoms with Crippen LogP contribution in [0.4, 0.5) is 0 Å². The van der Waals surface area contributed by atoms with Crippen LogP contribution in [0.3, 0.4) is 0 Å². The van der Waals surface area contributed by atoms with Crippen LogP contribution in [0.1, 0.15) is 32.6 Å². The van der Waals surface area contributed by atoms with Crippen molar-refractivity contribution in [2.45, 2.75) is 32.6 Å². The number of hydrogen-bond donors (Lipinski definition) is 1. The quantitative estimate of drug-likeness (QED) is 0.417. The van der Waals surface area contributed by atoms with Crippen LogP contribution in [-0.4, -0.2) is 26.3 Å². The van der Waals surface area contributed by atoms with Gasteiger partial charge in [0, 0.05) is 13.2 Å². The average molecular weight is 185 g/mol. The van der Waals surface area contributed by atoms with Crippen LogP contribution < -0.4 is 5.32 Å². The summed E-state index contributed by atoms with van der Waals surface area (Å²) in [4.78, 5) is 0. The van der Waals surface area contributed by atoms with Gasteiger partial charge in [-0.3, -0.25) is 0 Å². The number of ether oxygens (including phenoxy) is 1. The first-order valence-electron chi connectivity index (χ1n) is 5.31. The molecule has 0 unspecified atom stereocenters. The second-order valence-electron chi connectivity index (χ2n) is 3.08. The molecule has 2 heteroatoms. The molecule has 0 rings (SSSR count). The van der Waals surface area contributed by atoms with Gasteiger partial charge in [0.1, 0.15) is 0 Å². The predicted molar refractivity (Wildman–Crippen MR) is 58.0 cm³/mol. The number of unbranched alkanes of at least 4 members (excludes halogenated alkanes) is 3. The molecule has 1 N–H and O–H groups in total. The zero-order valence-electron chi connectivity index (χ0n) is 8.85. The van der Waals surface area contributed by atoms with Crippen molar-refractivity contribution in [1.82, 2.24) is 5.32 Å². The molecule has 0 aromatic carbocycles. The van der Waals surface area contributed by atoms with Crippen LogP contribution in [0.5, 0.6) is 0 Å². The molecule has 2 nitrogen and oxygen atoms in total. The standard InChI is InChI=1S/C11H23NO/c1-3-5-6-7-8-9-12-10-11-13-4-2/h3,12H,1,4-11H2,2H3. The lowest BCUT2D eigenvalue weighted by Gasteiger charge is -2.03. The molecule has 0 saturated heterocycles. The maximum absolute atomic E-state index is 5.20. The Kier molecular flexibility index (Phi) is 11.4. The Hall–Kier alpha value is -0.340. The Bertz CT molecular complexity index is 104.